The molecule has 0 atom stereocenters. The fourth-order valence-corrected chi connectivity index (χ4v) is 5.44. The van der Waals surface area contributed by atoms with Gasteiger partial charge in [0.25, 0.3) is 0 Å². The van der Waals surface area contributed by atoms with Gasteiger partial charge in [-0.15, -0.1) is 0 Å². The van der Waals surface area contributed by atoms with Crippen molar-refractivity contribution in [2.24, 2.45) is 5.73 Å². The van der Waals surface area contributed by atoms with Crippen LogP contribution in [0.3, 0.4) is 0 Å². The highest BCUT2D eigenvalue weighted by Crippen LogP contribution is 2.38. The first kappa shape index (κ1) is 22.4. The van der Waals surface area contributed by atoms with Gasteiger partial charge in [0.15, 0.2) is 0 Å². The van der Waals surface area contributed by atoms with E-state index in [0.717, 1.165) is 12.8 Å². The molecule has 1 nitrogen and oxygen atoms in total. The van der Waals surface area contributed by atoms with E-state index in [1.807, 2.05) is 0 Å². The lowest BCUT2D eigenvalue weighted by atomic mass is 9.81. The number of fused-ring (bicyclic) bond motifs is 2. The minimum Gasteiger partial charge on any atom is -0.321 e. The molecule has 0 aromatic heterocycles. The monoisotopic (exact) mass is 443 g/mol. The molecule has 1 heteroatoms. The topological polar surface area (TPSA) is 26.0 Å². The molecule has 2 N–H and O–H groups in total. The SMILES string of the molecule is CCC(N)(CC)c1cc(C)c(-c2ccc(-c3c4ccccc4cc4ccccc34)cc2)cc1C. The lowest BCUT2D eigenvalue weighted by Crippen LogP contribution is -2.36. The van der Waals surface area contributed by atoms with Crippen LogP contribution in [-0.4, -0.2) is 0 Å². The second-order valence-corrected chi connectivity index (χ2v) is 9.62. The highest BCUT2D eigenvalue weighted by molar-refractivity contribution is 6.12. The van der Waals surface area contributed by atoms with E-state index in [9.17, 15) is 0 Å². The quantitative estimate of drug-likeness (QED) is 0.270. The number of hydrogen-bond donors (Lipinski definition) is 1. The molecule has 170 valence electrons. The van der Waals surface area contributed by atoms with Gasteiger partial charge in [-0.3, -0.25) is 0 Å². The van der Waals surface area contributed by atoms with Crippen molar-refractivity contribution in [2.45, 2.75) is 46.1 Å². The molecule has 0 spiro atoms. The van der Waals surface area contributed by atoms with Crippen LogP contribution in [0.5, 0.6) is 0 Å². The Kier molecular flexibility index (Phi) is 5.75. The number of benzene rings is 5. The van der Waals surface area contributed by atoms with E-state index in [1.54, 1.807) is 0 Å². The van der Waals surface area contributed by atoms with Gasteiger partial charge in [0.05, 0.1) is 0 Å². The zero-order valence-corrected chi connectivity index (χ0v) is 20.7. The molecule has 0 saturated heterocycles. The van der Waals surface area contributed by atoms with Crippen molar-refractivity contribution in [3.8, 4) is 22.3 Å². The van der Waals surface area contributed by atoms with E-state index in [0.29, 0.717) is 0 Å². The summed E-state index contributed by atoms with van der Waals surface area (Å²) in [6.45, 7) is 8.77. The minimum atomic E-state index is -0.257. The Morgan fingerprint density at radius 2 is 1.15 bits per heavy atom. The molecule has 5 rings (SSSR count). The van der Waals surface area contributed by atoms with Crippen molar-refractivity contribution < 1.29 is 0 Å². The van der Waals surface area contributed by atoms with E-state index in [1.165, 1.54) is 60.5 Å². The predicted octanol–water partition coefficient (Wildman–Crippen LogP) is 8.92. The zero-order chi connectivity index (χ0) is 23.9. The van der Waals surface area contributed by atoms with Crippen LogP contribution < -0.4 is 5.73 Å². The molecule has 0 aliphatic carbocycles. The summed E-state index contributed by atoms with van der Waals surface area (Å²) in [7, 11) is 0. The summed E-state index contributed by atoms with van der Waals surface area (Å²) >= 11 is 0. The normalized spacial score (nSPS) is 11.9. The first-order chi connectivity index (χ1) is 16.4. The first-order valence-corrected chi connectivity index (χ1v) is 12.4. The fraction of sp³-hybridized carbons (Fsp3) is 0.212. The van der Waals surface area contributed by atoms with E-state index in [4.69, 9.17) is 5.73 Å². The van der Waals surface area contributed by atoms with Crippen molar-refractivity contribution in [3.05, 3.63) is 108 Å². The van der Waals surface area contributed by atoms with Crippen LogP contribution in [0.25, 0.3) is 43.8 Å². The number of aryl methyl sites for hydroxylation is 2. The van der Waals surface area contributed by atoms with Crippen LogP contribution >= 0.6 is 0 Å². The summed E-state index contributed by atoms with van der Waals surface area (Å²) in [4.78, 5) is 0. The summed E-state index contributed by atoms with van der Waals surface area (Å²) in [5, 5.41) is 5.14. The van der Waals surface area contributed by atoms with Gasteiger partial charge in [-0.25, -0.2) is 0 Å². The molecule has 0 radical (unpaired) electrons. The van der Waals surface area contributed by atoms with E-state index in [2.05, 4.69) is 119 Å². The molecule has 0 aliphatic heterocycles. The molecule has 5 aromatic rings. The van der Waals surface area contributed by atoms with Gasteiger partial charge in [-0.1, -0.05) is 98.8 Å². The largest absolute Gasteiger partial charge is 0.321 e. The molecule has 0 amide bonds. The smallest absolute Gasteiger partial charge is 0.0407 e. The second-order valence-electron chi connectivity index (χ2n) is 9.62. The maximum Gasteiger partial charge on any atom is 0.0407 e. The average Bonchev–Trinajstić information content (AvgIpc) is 2.88. The summed E-state index contributed by atoms with van der Waals surface area (Å²) in [6.07, 6.45) is 1.88. The Bertz CT molecular complexity index is 1430. The highest BCUT2D eigenvalue weighted by Gasteiger charge is 2.25. The van der Waals surface area contributed by atoms with E-state index < -0.39 is 0 Å². The Balaban J connectivity index is 1.62. The average molecular weight is 444 g/mol. The lowest BCUT2D eigenvalue weighted by molar-refractivity contribution is 0.410. The Hall–Kier alpha value is -3.42. The van der Waals surface area contributed by atoms with Gasteiger partial charge in [-0.2, -0.15) is 0 Å². The van der Waals surface area contributed by atoms with Crippen LogP contribution in [-0.2, 0) is 5.54 Å². The van der Waals surface area contributed by atoms with Gasteiger partial charge < -0.3 is 5.73 Å². The lowest BCUT2D eigenvalue weighted by Gasteiger charge is -2.30. The molecule has 0 bridgehead atoms. The molecule has 0 aliphatic rings. The molecule has 0 fully saturated rings. The summed E-state index contributed by atoms with van der Waals surface area (Å²) < 4.78 is 0. The summed E-state index contributed by atoms with van der Waals surface area (Å²) in [5.74, 6) is 0. The fourth-order valence-electron chi connectivity index (χ4n) is 5.44. The minimum absolute atomic E-state index is 0.257. The third-order valence-corrected chi connectivity index (χ3v) is 7.63. The standard InChI is InChI=1S/C33H33N/c1-5-33(34,6-2)31-20-22(3)30(19-23(31)4)24-15-17-25(18-16-24)32-28-13-9-7-11-26(28)21-27-12-8-10-14-29(27)32/h7-21H,5-6,34H2,1-4H3. The van der Waals surface area contributed by atoms with Crippen molar-refractivity contribution in [3.63, 3.8) is 0 Å². The zero-order valence-electron chi connectivity index (χ0n) is 20.7. The third kappa shape index (κ3) is 3.71. The van der Waals surface area contributed by atoms with Gasteiger partial charge in [0.2, 0.25) is 0 Å². The first-order valence-electron chi connectivity index (χ1n) is 12.4. The molecule has 0 saturated carbocycles. The van der Waals surface area contributed by atoms with E-state index in [-0.39, 0.29) is 5.54 Å². The number of rotatable bonds is 5. The van der Waals surface area contributed by atoms with Crippen LogP contribution in [0.4, 0.5) is 0 Å². The van der Waals surface area contributed by atoms with Crippen molar-refractivity contribution >= 4 is 21.5 Å². The van der Waals surface area contributed by atoms with Crippen molar-refractivity contribution in [1.82, 2.24) is 0 Å². The van der Waals surface area contributed by atoms with Gasteiger partial charge in [0.1, 0.15) is 0 Å². The number of hydrogen-bond acceptors (Lipinski definition) is 1. The second kappa shape index (κ2) is 8.74. The van der Waals surface area contributed by atoms with Crippen LogP contribution in [0, 0.1) is 13.8 Å². The van der Waals surface area contributed by atoms with Gasteiger partial charge >= 0.3 is 0 Å². The van der Waals surface area contributed by atoms with Crippen LogP contribution in [0.15, 0.2) is 91.0 Å². The molecular formula is C33H33N. The third-order valence-electron chi connectivity index (χ3n) is 7.63. The predicted molar refractivity (Wildman–Crippen MR) is 148 cm³/mol. The Morgan fingerprint density at radius 3 is 1.71 bits per heavy atom. The highest BCUT2D eigenvalue weighted by atomic mass is 14.7. The van der Waals surface area contributed by atoms with Gasteiger partial charge in [0, 0.05) is 5.54 Å². The molecule has 0 heterocycles. The summed E-state index contributed by atoms with van der Waals surface area (Å²) in [5.41, 5.74) is 15.4. The molecular weight excluding hydrogens is 410 g/mol. The maximum absolute atomic E-state index is 6.75. The van der Waals surface area contributed by atoms with Gasteiger partial charge in [-0.05, 0) is 93.2 Å². The van der Waals surface area contributed by atoms with Crippen molar-refractivity contribution in [2.75, 3.05) is 0 Å². The Labute approximate surface area is 203 Å². The summed E-state index contributed by atoms with van der Waals surface area (Å²) in [6, 6.07) is 33.4. The van der Waals surface area contributed by atoms with Crippen molar-refractivity contribution in [1.29, 1.82) is 0 Å². The Morgan fingerprint density at radius 1 is 0.618 bits per heavy atom. The van der Waals surface area contributed by atoms with E-state index >= 15 is 0 Å². The van der Waals surface area contributed by atoms with Crippen LogP contribution in [0.2, 0.25) is 0 Å². The molecule has 34 heavy (non-hydrogen) atoms. The molecule has 0 unspecified atom stereocenters. The molecule has 5 aromatic carbocycles. The maximum atomic E-state index is 6.75. The number of nitrogens with two attached hydrogens (primary N) is 1. The van der Waals surface area contributed by atoms with Crippen LogP contribution in [0.1, 0.15) is 43.4 Å².